The summed E-state index contributed by atoms with van der Waals surface area (Å²) >= 11 is 2.72. The topological polar surface area (TPSA) is 105 Å². The molecule has 0 saturated carbocycles. The third-order valence-electron chi connectivity index (χ3n) is 7.70. The summed E-state index contributed by atoms with van der Waals surface area (Å²) < 4.78 is 18.0. The number of aliphatic hydroxyl groups is 3. The van der Waals surface area contributed by atoms with Gasteiger partial charge in [-0.1, -0.05) is 41.9 Å². The highest BCUT2D eigenvalue weighted by atomic mass is 32.2. The molecule has 230 valence electrons. The van der Waals surface area contributed by atoms with Crippen LogP contribution in [0, 0.1) is 18.8 Å². The van der Waals surface area contributed by atoms with Crippen LogP contribution in [0.15, 0.2) is 66.0 Å². The van der Waals surface area contributed by atoms with Crippen molar-refractivity contribution in [3.05, 3.63) is 82.7 Å². The number of benzene rings is 3. The normalized spacial score (nSPS) is 18.2. The van der Waals surface area contributed by atoms with Gasteiger partial charge in [-0.3, -0.25) is 4.79 Å². The lowest BCUT2D eigenvalue weighted by Crippen LogP contribution is -2.47. The van der Waals surface area contributed by atoms with E-state index in [-0.39, 0.29) is 31.3 Å². The Bertz CT molecular complexity index is 1680. The molecule has 0 bridgehead atoms. The summed E-state index contributed by atoms with van der Waals surface area (Å²) in [6, 6.07) is 19.9. The van der Waals surface area contributed by atoms with Gasteiger partial charge in [0.25, 0.3) is 0 Å². The van der Waals surface area contributed by atoms with E-state index in [9.17, 15) is 20.1 Å². The third kappa shape index (κ3) is 7.76. The minimum absolute atomic E-state index is 0.0103. The van der Waals surface area contributed by atoms with E-state index in [0.717, 1.165) is 50.7 Å². The van der Waals surface area contributed by atoms with Crippen molar-refractivity contribution < 1.29 is 34.3 Å². The second-order valence-corrected chi connectivity index (χ2v) is 13.3. The molecule has 7 nitrogen and oxygen atoms in total. The van der Waals surface area contributed by atoms with Crippen LogP contribution >= 0.6 is 23.1 Å². The Labute approximate surface area is 265 Å². The van der Waals surface area contributed by atoms with Crippen LogP contribution in [-0.4, -0.2) is 51.5 Å². The standard InChI is InChI=1S/C35H36O7S2/c1-4-5-26(18-33(36)40-3)25-7-9-27(10-8-25)41-19-24-6-13-32-30(17-24)31(20-43-32)29-12-11-28(16-23(29)2)42-22-34(37)14-15-44-35(38,39)21-34/h6-13,16-17,20,26,37-39H,14-15,18-19,21-22H2,1-3H3/t26-,34?/m0/s1. The van der Waals surface area contributed by atoms with Crippen molar-refractivity contribution in [1.82, 2.24) is 0 Å². The number of rotatable bonds is 10. The van der Waals surface area contributed by atoms with E-state index >= 15 is 0 Å². The molecule has 2 heterocycles. The molecule has 0 amide bonds. The van der Waals surface area contributed by atoms with Gasteiger partial charge >= 0.3 is 5.97 Å². The number of carbonyl (C=O) groups excluding carboxylic acids is 1. The molecule has 4 aromatic rings. The van der Waals surface area contributed by atoms with E-state index in [4.69, 9.17) is 14.2 Å². The lowest BCUT2D eigenvalue weighted by Gasteiger charge is -2.38. The predicted octanol–water partition coefficient (Wildman–Crippen LogP) is 6.40. The van der Waals surface area contributed by atoms with Gasteiger partial charge in [-0.05, 0) is 84.3 Å². The Morgan fingerprint density at radius 2 is 1.77 bits per heavy atom. The largest absolute Gasteiger partial charge is 0.491 e. The molecule has 1 aromatic heterocycles. The van der Waals surface area contributed by atoms with Crippen LogP contribution in [0.3, 0.4) is 0 Å². The van der Waals surface area contributed by atoms with Gasteiger partial charge in [0.15, 0.2) is 0 Å². The van der Waals surface area contributed by atoms with Crippen molar-refractivity contribution in [2.45, 2.75) is 56.4 Å². The van der Waals surface area contributed by atoms with Crippen molar-refractivity contribution in [2.75, 3.05) is 19.5 Å². The highest BCUT2D eigenvalue weighted by Gasteiger charge is 2.43. The van der Waals surface area contributed by atoms with E-state index in [0.29, 0.717) is 24.5 Å². The molecular weight excluding hydrogens is 597 g/mol. The van der Waals surface area contributed by atoms with Gasteiger partial charge in [0.1, 0.15) is 30.3 Å². The Balaban J connectivity index is 1.26. The van der Waals surface area contributed by atoms with E-state index in [1.165, 1.54) is 11.8 Å². The average Bonchev–Trinajstić information content (AvgIpc) is 3.41. The number of hydrogen-bond donors (Lipinski definition) is 3. The quantitative estimate of drug-likeness (QED) is 0.105. The Hall–Kier alpha value is -3.52. The molecule has 44 heavy (non-hydrogen) atoms. The smallest absolute Gasteiger partial charge is 0.307 e. The molecule has 3 N–H and O–H groups in total. The van der Waals surface area contributed by atoms with Crippen LogP contribution in [0.25, 0.3) is 21.2 Å². The van der Waals surface area contributed by atoms with Crippen LogP contribution < -0.4 is 9.47 Å². The number of methoxy groups -OCH3 is 1. The summed E-state index contributed by atoms with van der Waals surface area (Å²) in [6.45, 7) is 4.18. The summed E-state index contributed by atoms with van der Waals surface area (Å²) in [5, 5.41) is 32.1. The molecule has 1 aliphatic rings. The molecule has 1 saturated heterocycles. The maximum absolute atomic E-state index is 11.8. The molecule has 3 aromatic carbocycles. The lowest BCUT2D eigenvalue weighted by atomic mass is 9.96. The molecule has 1 aliphatic heterocycles. The number of aryl methyl sites for hydroxylation is 1. The number of fused-ring (bicyclic) bond motifs is 1. The SMILES string of the molecule is CC#C[C@@H](CC(=O)OC)c1ccc(OCc2ccc3scc(-c4ccc(OCC5(O)CCSC(O)(O)C5)cc4C)c3c2)cc1. The van der Waals surface area contributed by atoms with Crippen LogP contribution in [0.5, 0.6) is 11.5 Å². The van der Waals surface area contributed by atoms with Gasteiger partial charge in [-0.25, -0.2) is 0 Å². The Morgan fingerprint density at radius 3 is 2.48 bits per heavy atom. The molecule has 5 rings (SSSR count). The molecule has 1 unspecified atom stereocenters. The second kappa shape index (κ2) is 13.6. The predicted molar refractivity (Wildman–Crippen MR) is 175 cm³/mol. The number of thiophene rings is 1. The zero-order chi connectivity index (χ0) is 31.3. The maximum atomic E-state index is 11.8. The lowest BCUT2D eigenvalue weighted by molar-refractivity contribution is -0.145. The first-order valence-corrected chi connectivity index (χ1v) is 16.2. The number of esters is 1. The minimum Gasteiger partial charge on any atom is -0.491 e. The molecule has 0 aliphatic carbocycles. The highest BCUT2D eigenvalue weighted by molar-refractivity contribution is 8.00. The van der Waals surface area contributed by atoms with E-state index in [2.05, 4.69) is 35.4 Å². The first-order valence-electron chi connectivity index (χ1n) is 14.3. The molecular formula is C35H36O7S2. The van der Waals surface area contributed by atoms with Crippen molar-refractivity contribution in [3.63, 3.8) is 0 Å². The Morgan fingerprint density at radius 1 is 1.00 bits per heavy atom. The minimum atomic E-state index is -1.94. The highest BCUT2D eigenvalue weighted by Crippen LogP contribution is 2.40. The summed E-state index contributed by atoms with van der Waals surface area (Å²) in [5.74, 6) is 7.25. The molecule has 2 atom stereocenters. The van der Waals surface area contributed by atoms with Gasteiger partial charge in [-0.15, -0.1) is 17.3 Å². The fraction of sp³-hybridized carbons (Fsp3) is 0.343. The monoisotopic (exact) mass is 632 g/mol. The van der Waals surface area contributed by atoms with Crippen molar-refractivity contribution in [3.8, 4) is 34.5 Å². The van der Waals surface area contributed by atoms with E-state index < -0.39 is 10.7 Å². The Kier molecular flexibility index (Phi) is 9.88. The third-order valence-corrected chi connectivity index (χ3v) is 9.68. The average molecular weight is 633 g/mol. The van der Waals surface area contributed by atoms with Crippen molar-refractivity contribution in [2.24, 2.45) is 0 Å². The fourth-order valence-electron chi connectivity index (χ4n) is 5.36. The summed E-state index contributed by atoms with van der Waals surface area (Å²) in [4.78, 5) is 11.8. The number of ether oxygens (including phenoxy) is 3. The number of hydrogen-bond acceptors (Lipinski definition) is 9. The van der Waals surface area contributed by atoms with E-state index in [1.807, 2.05) is 49.4 Å². The molecule has 0 radical (unpaired) electrons. The van der Waals surface area contributed by atoms with Gasteiger partial charge in [0.2, 0.25) is 5.12 Å². The first kappa shape index (κ1) is 31.9. The summed E-state index contributed by atoms with van der Waals surface area (Å²) in [5.41, 5.74) is 3.94. The van der Waals surface area contributed by atoms with Gasteiger partial charge in [-0.2, -0.15) is 0 Å². The molecule has 1 fully saturated rings. The van der Waals surface area contributed by atoms with Crippen LogP contribution in [-0.2, 0) is 16.1 Å². The fourth-order valence-corrected chi connectivity index (χ4v) is 7.48. The van der Waals surface area contributed by atoms with Crippen LogP contribution in [0.4, 0.5) is 0 Å². The van der Waals surface area contributed by atoms with Gasteiger partial charge in [0.05, 0.1) is 19.4 Å². The molecule has 9 heteroatoms. The van der Waals surface area contributed by atoms with Crippen molar-refractivity contribution >= 4 is 39.2 Å². The van der Waals surface area contributed by atoms with Gasteiger partial charge in [0, 0.05) is 27.8 Å². The maximum Gasteiger partial charge on any atom is 0.307 e. The summed E-state index contributed by atoms with van der Waals surface area (Å²) in [6.07, 6.45) is 0.474. The van der Waals surface area contributed by atoms with Gasteiger partial charge < -0.3 is 29.5 Å². The van der Waals surface area contributed by atoms with Crippen LogP contribution in [0.1, 0.15) is 48.8 Å². The number of thioether (sulfide) groups is 1. The van der Waals surface area contributed by atoms with E-state index in [1.54, 1.807) is 18.3 Å². The van der Waals surface area contributed by atoms with Crippen LogP contribution in [0.2, 0.25) is 0 Å². The summed E-state index contributed by atoms with van der Waals surface area (Å²) in [7, 11) is 1.38. The zero-order valence-corrected chi connectivity index (χ0v) is 26.6. The molecule has 0 spiro atoms. The second-order valence-electron chi connectivity index (χ2n) is 11.1. The van der Waals surface area contributed by atoms with Crippen molar-refractivity contribution in [1.29, 1.82) is 0 Å². The number of carbonyl (C=O) groups is 1. The zero-order valence-electron chi connectivity index (χ0n) is 25.0. The first-order chi connectivity index (χ1) is 21.1.